The average molecular weight is 271 g/mol. The summed E-state index contributed by atoms with van der Waals surface area (Å²) in [6.45, 7) is 4.20. The minimum Gasteiger partial charge on any atom is -0.384 e. The highest BCUT2D eigenvalue weighted by atomic mass is 16.1. The highest BCUT2D eigenvalue weighted by Crippen LogP contribution is 2.19. The van der Waals surface area contributed by atoms with E-state index in [2.05, 4.69) is 24.1 Å². The van der Waals surface area contributed by atoms with Crippen molar-refractivity contribution in [3.05, 3.63) is 35.9 Å². The molecule has 106 valence electrons. The summed E-state index contributed by atoms with van der Waals surface area (Å²) in [6, 6.07) is 9.42. The van der Waals surface area contributed by atoms with E-state index in [-0.39, 0.29) is 11.9 Å². The van der Waals surface area contributed by atoms with Gasteiger partial charge in [0.1, 0.15) is 5.82 Å². The number of nitrogens with one attached hydrogen (secondary N) is 1. The number of pyridine rings is 1. The maximum Gasteiger partial charge on any atom is 0.252 e. The number of aromatic nitrogens is 1. The van der Waals surface area contributed by atoms with Crippen molar-refractivity contribution >= 4 is 22.6 Å². The fourth-order valence-corrected chi connectivity index (χ4v) is 2.37. The first-order valence-corrected chi connectivity index (χ1v) is 7.11. The molecule has 2 rings (SSSR count). The molecule has 1 atom stereocenters. The smallest absolute Gasteiger partial charge is 0.252 e. The molecule has 0 radical (unpaired) electrons. The number of hydrogen-bond donors (Lipinski definition) is 2. The Kier molecular flexibility index (Phi) is 4.56. The summed E-state index contributed by atoms with van der Waals surface area (Å²) in [6.07, 6.45) is 2.97. The summed E-state index contributed by atoms with van der Waals surface area (Å²) in [5.74, 6) is 0.299. The largest absolute Gasteiger partial charge is 0.384 e. The molecule has 0 aliphatic carbocycles. The van der Waals surface area contributed by atoms with Crippen LogP contribution >= 0.6 is 0 Å². The van der Waals surface area contributed by atoms with Crippen molar-refractivity contribution in [1.82, 2.24) is 10.3 Å². The fraction of sp³-hybridized carbons (Fsp3) is 0.375. The second-order valence-corrected chi connectivity index (χ2v) is 4.98. The van der Waals surface area contributed by atoms with E-state index in [4.69, 9.17) is 5.73 Å². The van der Waals surface area contributed by atoms with Gasteiger partial charge in [-0.15, -0.1) is 0 Å². The van der Waals surface area contributed by atoms with Crippen molar-refractivity contribution in [2.75, 3.05) is 5.73 Å². The summed E-state index contributed by atoms with van der Waals surface area (Å²) in [4.78, 5) is 16.7. The van der Waals surface area contributed by atoms with Crippen molar-refractivity contribution in [1.29, 1.82) is 0 Å². The van der Waals surface area contributed by atoms with E-state index < -0.39 is 0 Å². The van der Waals surface area contributed by atoms with Crippen molar-refractivity contribution in [3.63, 3.8) is 0 Å². The lowest BCUT2D eigenvalue weighted by molar-refractivity contribution is 0.0935. The van der Waals surface area contributed by atoms with Crippen LogP contribution in [0.3, 0.4) is 0 Å². The van der Waals surface area contributed by atoms with Gasteiger partial charge in [0.25, 0.3) is 5.91 Å². The summed E-state index contributed by atoms with van der Waals surface area (Å²) in [7, 11) is 0. The zero-order valence-corrected chi connectivity index (χ0v) is 12.0. The highest BCUT2D eigenvalue weighted by molar-refractivity contribution is 6.06. The van der Waals surface area contributed by atoms with Crippen LogP contribution in [0.2, 0.25) is 0 Å². The third kappa shape index (κ3) is 3.07. The minimum absolute atomic E-state index is 0.0735. The molecule has 0 bridgehead atoms. The van der Waals surface area contributed by atoms with E-state index in [0.29, 0.717) is 11.4 Å². The van der Waals surface area contributed by atoms with Gasteiger partial charge in [-0.25, -0.2) is 4.98 Å². The molecule has 1 heterocycles. The third-order valence-electron chi connectivity index (χ3n) is 3.45. The van der Waals surface area contributed by atoms with Gasteiger partial charge in [0.05, 0.1) is 11.1 Å². The monoisotopic (exact) mass is 271 g/mol. The number of rotatable bonds is 5. The van der Waals surface area contributed by atoms with Crippen LogP contribution in [-0.4, -0.2) is 16.9 Å². The molecule has 0 saturated carbocycles. The molecule has 1 aromatic carbocycles. The van der Waals surface area contributed by atoms with Crippen molar-refractivity contribution < 1.29 is 4.79 Å². The number of carbonyl (C=O) groups is 1. The molecule has 4 heteroatoms. The second-order valence-electron chi connectivity index (χ2n) is 4.98. The first-order valence-electron chi connectivity index (χ1n) is 7.11. The number of nitrogen functional groups attached to an aromatic ring is 1. The highest BCUT2D eigenvalue weighted by Gasteiger charge is 2.15. The number of amides is 1. The van der Waals surface area contributed by atoms with Crippen LogP contribution in [0.5, 0.6) is 0 Å². The van der Waals surface area contributed by atoms with Gasteiger partial charge in [-0.05, 0) is 25.0 Å². The Balaban J connectivity index is 2.34. The van der Waals surface area contributed by atoms with Gasteiger partial charge >= 0.3 is 0 Å². The number of nitrogens with two attached hydrogens (primary N) is 1. The topological polar surface area (TPSA) is 68.0 Å². The van der Waals surface area contributed by atoms with Crippen LogP contribution in [0, 0.1) is 0 Å². The fourth-order valence-electron chi connectivity index (χ4n) is 2.37. The molecule has 1 aromatic heterocycles. The van der Waals surface area contributed by atoms with Gasteiger partial charge in [0, 0.05) is 11.4 Å². The lowest BCUT2D eigenvalue weighted by Gasteiger charge is -2.17. The summed E-state index contributed by atoms with van der Waals surface area (Å²) < 4.78 is 0. The molecule has 4 nitrogen and oxygen atoms in total. The molecule has 0 spiro atoms. The summed E-state index contributed by atoms with van der Waals surface area (Å²) in [5, 5.41) is 3.92. The van der Waals surface area contributed by atoms with Gasteiger partial charge in [0.15, 0.2) is 0 Å². The normalized spacial score (nSPS) is 12.3. The van der Waals surface area contributed by atoms with E-state index in [1.165, 1.54) is 0 Å². The predicted molar refractivity (Wildman–Crippen MR) is 82.6 cm³/mol. The molecule has 1 unspecified atom stereocenters. The Bertz CT molecular complexity index is 610. The number of anilines is 1. The molecule has 0 fully saturated rings. The number of carbonyl (C=O) groups excluding carboxylic acids is 1. The molecule has 0 aliphatic heterocycles. The lowest BCUT2D eigenvalue weighted by Crippen LogP contribution is -2.34. The molecule has 0 saturated heterocycles. The van der Waals surface area contributed by atoms with Crippen LogP contribution in [0.4, 0.5) is 5.82 Å². The van der Waals surface area contributed by atoms with E-state index in [1.54, 1.807) is 6.07 Å². The van der Waals surface area contributed by atoms with Gasteiger partial charge in [-0.2, -0.15) is 0 Å². The van der Waals surface area contributed by atoms with E-state index >= 15 is 0 Å². The molecule has 0 aliphatic rings. The zero-order chi connectivity index (χ0) is 14.5. The van der Waals surface area contributed by atoms with Crippen molar-refractivity contribution in [2.24, 2.45) is 0 Å². The predicted octanol–water partition coefficient (Wildman–Crippen LogP) is 3.13. The number of hydrogen-bond acceptors (Lipinski definition) is 3. The first kappa shape index (κ1) is 14.3. The van der Waals surface area contributed by atoms with E-state index in [1.807, 2.05) is 24.3 Å². The maximum absolute atomic E-state index is 12.5. The lowest BCUT2D eigenvalue weighted by atomic mass is 10.1. The maximum atomic E-state index is 12.5. The Morgan fingerprint density at radius 1 is 1.35 bits per heavy atom. The molecular formula is C16H21N3O. The molecule has 3 N–H and O–H groups in total. The van der Waals surface area contributed by atoms with Crippen LogP contribution in [0.1, 0.15) is 43.5 Å². The van der Waals surface area contributed by atoms with Crippen LogP contribution in [-0.2, 0) is 0 Å². The van der Waals surface area contributed by atoms with Crippen LogP contribution in [0.15, 0.2) is 30.3 Å². The van der Waals surface area contributed by atoms with Gasteiger partial charge < -0.3 is 11.1 Å². The number of fused-ring (bicyclic) bond motifs is 1. The van der Waals surface area contributed by atoms with E-state index in [9.17, 15) is 4.79 Å². The average Bonchev–Trinajstić information content (AvgIpc) is 2.45. The summed E-state index contributed by atoms with van der Waals surface area (Å²) in [5.41, 5.74) is 7.14. The molecule has 2 aromatic rings. The minimum atomic E-state index is -0.0735. The zero-order valence-electron chi connectivity index (χ0n) is 12.0. The second kappa shape index (κ2) is 6.37. The van der Waals surface area contributed by atoms with E-state index in [0.717, 1.165) is 30.2 Å². The standard InChI is InChI=1S/C16H21N3O/c1-3-7-11(4-2)18-16(20)13-10-15(17)19-14-9-6-5-8-12(13)14/h5-6,8-11H,3-4,7H2,1-2H3,(H2,17,19)(H,18,20). The van der Waals surface area contributed by atoms with Crippen LogP contribution in [0.25, 0.3) is 10.9 Å². The Morgan fingerprint density at radius 2 is 2.10 bits per heavy atom. The number of benzene rings is 1. The summed E-state index contributed by atoms with van der Waals surface area (Å²) >= 11 is 0. The molecule has 20 heavy (non-hydrogen) atoms. The molecular weight excluding hydrogens is 250 g/mol. The SMILES string of the molecule is CCCC(CC)NC(=O)c1cc(N)nc2ccccc12. The Morgan fingerprint density at radius 3 is 2.80 bits per heavy atom. The van der Waals surface area contributed by atoms with Gasteiger partial charge in [-0.3, -0.25) is 4.79 Å². The first-order chi connectivity index (χ1) is 9.65. The van der Waals surface area contributed by atoms with Crippen LogP contribution < -0.4 is 11.1 Å². The van der Waals surface area contributed by atoms with Crippen molar-refractivity contribution in [2.45, 2.75) is 39.2 Å². The number of nitrogens with zero attached hydrogens (tertiary/aromatic N) is 1. The third-order valence-corrected chi connectivity index (χ3v) is 3.45. The number of para-hydroxylation sites is 1. The van der Waals surface area contributed by atoms with Crippen molar-refractivity contribution in [3.8, 4) is 0 Å². The Hall–Kier alpha value is -2.10. The molecule has 1 amide bonds. The Labute approximate surface area is 119 Å². The quantitative estimate of drug-likeness (QED) is 0.878. The van der Waals surface area contributed by atoms with Gasteiger partial charge in [-0.1, -0.05) is 38.5 Å². The van der Waals surface area contributed by atoms with Gasteiger partial charge in [0.2, 0.25) is 0 Å².